The maximum atomic E-state index is 13.9. The standard InChI is InChI=1S/C21H34F2N4.HI/c1-5-24-21(26-18-8-10-27(11-9-18)14-15(2)3)25-13-16(4)19-7-6-17(22)12-20(19)23;/h6-7,12,15-16,18H,5,8-11,13-14H2,1-4H3,(H2,24,25,26);1H. The van der Waals surface area contributed by atoms with Crippen LogP contribution in [0.1, 0.15) is 52.0 Å². The molecule has 1 heterocycles. The van der Waals surface area contributed by atoms with Crippen LogP contribution in [0.4, 0.5) is 8.78 Å². The Morgan fingerprint density at radius 3 is 2.46 bits per heavy atom. The molecule has 1 atom stereocenters. The maximum Gasteiger partial charge on any atom is 0.191 e. The van der Waals surface area contributed by atoms with Gasteiger partial charge in [-0.3, -0.25) is 4.99 Å². The van der Waals surface area contributed by atoms with Crippen LogP contribution in [0.3, 0.4) is 0 Å². The minimum absolute atomic E-state index is 0. The second-order valence-electron chi connectivity index (χ2n) is 7.90. The zero-order valence-corrected chi connectivity index (χ0v) is 19.8. The van der Waals surface area contributed by atoms with Gasteiger partial charge in [0.15, 0.2) is 5.96 Å². The first-order valence-corrected chi connectivity index (χ1v) is 10.1. The summed E-state index contributed by atoms with van der Waals surface area (Å²) in [5.74, 6) is 0.295. The number of guanidine groups is 1. The molecule has 160 valence electrons. The van der Waals surface area contributed by atoms with E-state index in [1.54, 1.807) is 0 Å². The summed E-state index contributed by atoms with van der Waals surface area (Å²) < 4.78 is 27.0. The lowest BCUT2D eigenvalue weighted by Crippen LogP contribution is -2.49. The Morgan fingerprint density at radius 2 is 1.89 bits per heavy atom. The first-order chi connectivity index (χ1) is 12.9. The summed E-state index contributed by atoms with van der Waals surface area (Å²) >= 11 is 0. The zero-order chi connectivity index (χ0) is 19.8. The molecule has 7 heteroatoms. The van der Waals surface area contributed by atoms with Crippen molar-refractivity contribution in [3.63, 3.8) is 0 Å². The van der Waals surface area contributed by atoms with Crippen LogP contribution in [0.15, 0.2) is 23.2 Å². The van der Waals surface area contributed by atoms with Crippen molar-refractivity contribution in [1.29, 1.82) is 0 Å². The molecule has 0 amide bonds. The van der Waals surface area contributed by atoms with Crippen molar-refractivity contribution in [3.8, 4) is 0 Å². The summed E-state index contributed by atoms with van der Waals surface area (Å²) in [7, 11) is 0. The highest BCUT2D eigenvalue weighted by Crippen LogP contribution is 2.20. The van der Waals surface area contributed by atoms with Gasteiger partial charge >= 0.3 is 0 Å². The Labute approximate surface area is 185 Å². The van der Waals surface area contributed by atoms with E-state index >= 15 is 0 Å². The number of halogens is 3. The predicted octanol–water partition coefficient (Wildman–Crippen LogP) is 4.36. The fourth-order valence-electron chi connectivity index (χ4n) is 3.52. The highest BCUT2D eigenvalue weighted by molar-refractivity contribution is 14.0. The summed E-state index contributed by atoms with van der Waals surface area (Å²) in [6.45, 7) is 13.0. The number of hydrogen-bond donors (Lipinski definition) is 2. The first kappa shape index (κ1) is 25.1. The van der Waals surface area contributed by atoms with Gasteiger partial charge in [-0.1, -0.05) is 26.8 Å². The molecular formula is C21H35F2IN4. The molecule has 0 bridgehead atoms. The largest absolute Gasteiger partial charge is 0.357 e. The molecule has 0 spiro atoms. The summed E-state index contributed by atoms with van der Waals surface area (Å²) in [5, 5.41) is 6.80. The predicted molar refractivity (Wildman–Crippen MR) is 124 cm³/mol. The van der Waals surface area contributed by atoms with E-state index in [0.717, 1.165) is 51.0 Å². The van der Waals surface area contributed by atoms with Crippen LogP contribution in [0.2, 0.25) is 0 Å². The van der Waals surface area contributed by atoms with Gasteiger partial charge in [-0.25, -0.2) is 8.78 Å². The van der Waals surface area contributed by atoms with Crippen molar-refractivity contribution in [1.82, 2.24) is 15.5 Å². The van der Waals surface area contributed by atoms with Crippen molar-refractivity contribution in [2.45, 2.75) is 52.5 Å². The molecule has 1 fully saturated rings. The fraction of sp³-hybridized carbons (Fsp3) is 0.667. The van der Waals surface area contributed by atoms with Crippen LogP contribution >= 0.6 is 24.0 Å². The molecule has 1 aliphatic rings. The second kappa shape index (κ2) is 12.6. The molecule has 1 unspecified atom stereocenters. The van der Waals surface area contributed by atoms with Crippen molar-refractivity contribution in [3.05, 3.63) is 35.4 Å². The number of piperidine rings is 1. The minimum Gasteiger partial charge on any atom is -0.357 e. The third kappa shape index (κ3) is 8.19. The summed E-state index contributed by atoms with van der Waals surface area (Å²) in [6.07, 6.45) is 2.19. The average Bonchev–Trinajstić information content (AvgIpc) is 2.61. The third-order valence-electron chi connectivity index (χ3n) is 4.91. The zero-order valence-electron chi connectivity index (χ0n) is 17.5. The van der Waals surface area contributed by atoms with E-state index in [2.05, 4.69) is 34.4 Å². The van der Waals surface area contributed by atoms with Gasteiger partial charge in [-0.15, -0.1) is 24.0 Å². The first-order valence-electron chi connectivity index (χ1n) is 10.1. The third-order valence-corrected chi connectivity index (χ3v) is 4.91. The lowest BCUT2D eigenvalue weighted by atomic mass is 10.0. The summed E-state index contributed by atoms with van der Waals surface area (Å²) in [5.41, 5.74) is 0.498. The molecule has 2 rings (SSSR count). The summed E-state index contributed by atoms with van der Waals surface area (Å²) in [4.78, 5) is 7.16. The van der Waals surface area contributed by atoms with Gasteiger partial charge in [0.25, 0.3) is 0 Å². The van der Waals surface area contributed by atoms with Crippen LogP contribution in [0.5, 0.6) is 0 Å². The van der Waals surface area contributed by atoms with E-state index in [0.29, 0.717) is 24.1 Å². The van der Waals surface area contributed by atoms with E-state index in [1.165, 1.54) is 12.1 Å². The average molecular weight is 508 g/mol. The molecule has 1 aromatic rings. The lowest BCUT2D eigenvalue weighted by molar-refractivity contribution is 0.187. The molecule has 0 aliphatic carbocycles. The normalized spacial score (nSPS) is 17.3. The number of benzene rings is 1. The van der Waals surface area contributed by atoms with Gasteiger partial charge < -0.3 is 15.5 Å². The van der Waals surface area contributed by atoms with Gasteiger partial charge in [-0.2, -0.15) is 0 Å². The smallest absolute Gasteiger partial charge is 0.191 e. The Bertz CT molecular complexity index is 616. The van der Waals surface area contributed by atoms with Gasteiger partial charge in [0, 0.05) is 50.7 Å². The number of hydrogen-bond acceptors (Lipinski definition) is 2. The van der Waals surface area contributed by atoms with Crippen molar-refractivity contribution in [2.24, 2.45) is 10.9 Å². The molecule has 0 aromatic heterocycles. The van der Waals surface area contributed by atoms with Crippen LogP contribution in [-0.4, -0.2) is 49.6 Å². The topological polar surface area (TPSA) is 39.7 Å². The van der Waals surface area contributed by atoms with E-state index in [1.807, 2.05) is 13.8 Å². The summed E-state index contributed by atoms with van der Waals surface area (Å²) in [6, 6.07) is 4.15. The van der Waals surface area contributed by atoms with Crippen molar-refractivity contribution >= 4 is 29.9 Å². The van der Waals surface area contributed by atoms with Gasteiger partial charge in [0.05, 0.1) is 0 Å². The van der Waals surface area contributed by atoms with E-state index in [-0.39, 0.29) is 29.9 Å². The molecule has 28 heavy (non-hydrogen) atoms. The highest BCUT2D eigenvalue weighted by Gasteiger charge is 2.20. The Balaban J connectivity index is 0.00000392. The SMILES string of the molecule is CCNC(=NCC(C)c1ccc(F)cc1F)NC1CCN(CC(C)C)CC1.I. The van der Waals surface area contributed by atoms with Crippen molar-refractivity contribution < 1.29 is 8.78 Å². The van der Waals surface area contributed by atoms with E-state index in [9.17, 15) is 8.78 Å². The number of nitrogens with zero attached hydrogens (tertiary/aromatic N) is 2. The number of nitrogens with one attached hydrogen (secondary N) is 2. The minimum atomic E-state index is -0.550. The number of likely N-dealkylation sites (tertiary alicyclic amines) is 1. The highest BCUT2D eigenvalue weighted by atomic mass is 127. The Morgan fingerprint density at radius 1 is 1.21 bits per heavy atom. The molecular weight excluding hydrogens is 473 g/mol. The second-order valence-corrected chi connectivity index (χ2v) is 7.90. The van der Waals surface area contributed by atoms with Crippen LogP contribution < -0.4 is 10.6 Å². The molecule has 0 saturated carbocycles. The van der Waals surface area contributed by atoms with Crippen LogP contribution in [0.25, 0.3) is 0 Å². The lowest BCUT2D eigenvalue weighted by Gasteiger charge is -2.34. The fourth-order valence-corrected chi connectivity index (χ4v) is 3.52. The number of rotatable bonds is 7. The number of aliphatic imine (C=N–C) groups is 1. The van der Waals surface area contributed by atoms with E-state index < -0.39 is 11.6 Å². The Kier molecular flexibility index (Phi) is 11.3. The van der Waals surface area contributed by atoms with Gasteiger partial charge in [-0.05, 0) is 37.3 Å². The van der Waals surface area contributed by atoms with Crippen molar-refractivity contribution in [2.75, 3.05) is 32.7 Å². The molecule has 1 saturated heterocycles. The molecule has 4 nitrogen and oxygen atoms in total. The maximum absolute atomic E-state index is 13.9. The molecule has 1 aliphatic heterocycles. The van der Waals surface area contributed by atoms with E-state index in [4.69, 9.17) is 0 Å². The monoisotopic (exact) mass is 508 g/mol. The molecule has 1 aromatic carbocycles. The molecule has 2 N–H and O–H groups in total. The van der Waals surface area contributed by atoms with Gasteiger partial charge in [0.1, 0.15) is 11.6 Å². The van der Waals surface area contributed by atoms with Crippen LogP contribution in [-0.2, 0) is 0 Å². The molecule has 0 radical (unpaired) electrons. The van der Waals surface area contributed by atoms with Crippen LogP contribution in [0, 0.1) is 17.6 Å². The Hall–Kier alpha value is -0.960. The quantitative estimate of drug-likeness (QED) is 0.327. The van der Waals surface area contributed by atoms with Gasteiger partial charge in [0.2, 0.25) is 0 Å².